The van der Waals surface area contributed by atoms with Crippen LogP contribution in [0.4, 0.5) is 28.4 Å². The summed E-state index contributed by atoms with van der Waals surface area (Å²) in [5, 5.41) is 0. The molecule has 7 aromatic carbocycles. The second kappa shape index (κ2) is 38.8. The molecule has 0 unspecified atom stereocenters. The van der Waals surface area contributed by atoms with Gasteiger partial charge in [0.2, 0.25) is 0 Å². The zero-order chi connectivity index (χ0) is 61.3. The fourth-order valence-electron chi connectivity index (χ4n) is 13.3. The number of benzene rings is 7. The van der Waals surface area contributed by atoms with Crippen LogP contribution in [0.25, 0.3) is 22.3 Å². The lowest BCUT2D eigenvalue weighted by Gasteiger charge is -2.36. The second-order valence-electron chi connectivity index (χ2n) is 23.1. The molecule has 6 N–H and O–H groups in total. The first-order valence-corrected chi connectivity index (χ1v) is 34.5. The Morgan fingerprint density at radius 2 is 0.635 bits per heavy atom. The zero-order valence-corrected chi connectivity index (χ0v) is 56.7. The number of rotatable bonds is 30. The molecule has 7 aromatic rings. The normalized spacial score (nSPS) is 12.6. The number of hydrogen-bond acceptors (Lipinski definition) is 7. The van der Waals surface area contributed by atoms with Gasteiger partial charge in [0.1, 0.15) is 0 Å². The van der Waals surface area contributed by atoms with Gasteiger partial charge >= 0.3 is 0 Å². The van der Waals surface area contributed by atoms with E-state index >= 15 is 0 Å². The van der Waals surface area contributed by atoms with Crippen LogP contribution >= 0.6 is 31.9 Å². The van der Waals surface area contributed by atoms with Crippen LogP contribution in [0.2, 0.25) is 0 Å². The molecule has 0 saturated heterocycles. The number of nitrogens with two attached hydrogens (primary N) is 3. The molecule has 0 atom stereocenters. The van der Waals surface area contributed by atoms with E-state index in [0.29, 0.717) is 0 Å². The third-order valence-corrected chi connectivity index (χ3v) is 17.1. The second-order valence-corrected chi connectivity index (χ2v) is 25.8. The number of unbranched alkanes of at least 4 members (excludes halogenated alkanes) is 12. The Hall–Kier alpha value is -5.26. The summed E-state index contributed by atoms with van der Waals surface area (Å²) in [7, 11) is 7.47. The summed E-state index contributed by atoms with van der Waals surface area (Å²) in [6, 6.07) is 64.8. The van der Waals surface area contributed by atoms with Gasteiger partial charge in [-0.25, -0.2) is 0 Å². The van der Waals surface area contributed by atoms with E-state index in [1.54, 1.807) is 16.7 Å². The van der Waals surface area contributed by atoms with Crippen LogP contribution in [0.3, 0.4) is 0 Å². The SMILES string of the molecule is BrCBr.CCCCCCC1(CCCCCC)c2ccccc2-c2ccc(N(CN(C)CN(C)CN(c3ccccc3)c3ccccc3)c3ccccc3)cc21.CCCCCCC1(CCCCCC)c2ccccc2-c2ccc(N)cc21.CN.CN. The number of fused-ring (bicyclic) bond motifs is 6. The van der Waals surface area contributed by atoms with E-state index in [2.05, 4.69) is 281 Å². The van der Waals surface area contributed by atoms with Crippen molar-refractivity contribution < 1.29 is 0 Å². The van der Waals surface area contributed by atoms with Crippen molar-refractivity contribution in [1.29, 1.82) is 0 Å². The van der Waals surface area contributed by atoms with E-state index in [0.717, 1.165) is 29.9 Å². The molecule has 85 heavy (non-hydrogen) atoms. The van der Waals surface area contributed by atoms with Gasteiger partial charge in [-0.05, 0) is 159 Å². The molecule has 9 heteroatoms. The molecule has 0 fully saturated rings. The van der Waals surface area contributed by atoms with Gasteiger partial charge < -0.3 is 27.0 Å². The Morgan fingerprint density at radius 3 is 1.00 bits per heavy atom. The first-order chi connectivity index (χ1) is 41.7. The Balaban J connectivity index is 0.000000334. The third-order valence-electron chi connectivity index (χ3n) is 17.1. The van der Waals surface area contributed by atoms with E-state index < -0.39 is 0 Å². The molecule has 0 aromatic heterocycles. The van der Waals surface area contributed by atoms with Crippen LogP contribution in [0.15, 0.2) is 176 Å². The third kappa shape index (κ3) is 19.4. The Kier molecular flexibility index (Phi) is 32.2. The molecule has 0 aliphatic heterocycles. The van der Waals surface area contributed by atoms with Gasteiger partial charge in [-0.3, -0.25) is 9.80 Å². The highest BCUT2D eigenvalue weighted by Crippen LogP contribution is 2.56. The molecule has 9 rings (SSSR count). The topological polar surface area (TPSA) is 91.0 Å². The standard InChI is InChI=1S/C48H60N4.C25H35N.CH2Br2.2CH5N/c1-5-7-9-22-34-48(35-23-10-8-6-2)46-31-21-20-30-44(46)45-33-32-43(36-47(45)48)52(42-28-18-13-19-29-42)39-50(4)37-49(3)38-51(40-24-14-11-15-25-40)41-26-16-12-17-27-41;1-3-5-7-11-17-25(18-12-8-6-4-2)23-14-10-9-13-21(23)22-16-15-20(26)19-24(22)25;2-1-3;2*1-2/h11-21,24-33,36H,5-10,22-23,34-35,37-39H2,1-4H3;9-10,13-16,19H,3-8,11-12,17-18,26H2,1-2H3;1H2;2*2H2,1H3. The van der Waals surface area contributed by atoms with Gasteiger partial charge in [-0.2, -0.15) is 0 Å². The average Bonchev–Trinajstić information content (AvgIpc) is 1.78. The van der Waals surface area contributed by atoms with Crippen molar-refractivity contribution in [2.75, 3.05) is 68.0 Å². The number of nitrogen functional groups attached to an aromatic ring is 1. The number of anilines is 5. The minimum absolute atomic E-state index is 0.0657. The molecule has 0 amide bonds. The molecule has 0 heterocycles. The van der Waals surface area contributed by atoms with Gasteiger partial charge in [-0.1, -0.05) is 278 Å². The minimum Gasteiger partial charge on any atom is -0.399 e. The lowest BCUT2D eigenvalue weighted by atomic mass is 9.70. The number of nitrogens with zero attached hydrogens (tertiary/aromatic N) is 4. The van der Waals surface area contributed by atoms with Crippen LogP contribution in [0.1, 0.15) is 178 Å². The van der Waals surface area contributed by atoms with Crippen molar-refractivity contribution in [3.63, 3.8) is 0 Å². The molecule has 7 nitrogen and oxygen atoms in total. The summed E-state index contributed by atoms with van der Waals surface area (Å²) in [6.07, 6.45) is 25.9. The summed E-state index contributed by atoms with van der Waals surface area (Å²) in [6.45, 7) is 11.6. The monoisotopic (exact) mass is 1280 g/mol. The summed E-state index contributed by atoms with van der Waals surface area (Å²) in [5.41, 5.74) is 33.1. The molecule has 2 aliphatic carbocycles. The smallest absolute Gasteiger partial charge is 0.0764 e. The molecule has 0 spiro atoms. The summed E-state index contributed by atoms with van der Waals surface area (Å²) in [5.74, 6) is 0. The Labute approximate surface area is 533 Å². The van der Waals surface area contributed by atoms with Crippen LogP contribution in [0, 0.1) is 0 Å². The van der Waals surface area contributed by atoms with Crippen LogP contribution in [0.5, 0.6) is 0 Å². The van der Waals surface area contributed by atoms with E-state index in [9.17, 15) is 0 Å². The molecule has 2 aliphatic rings. The van der Waals surface area contributed by atoms with Crippen LogP contribution in [-0.4, -0.2) is 62.2 Å². The van der Waals surface area contributed by atoms with Crippen molar-refractivity contribution in [2.24, 2.45) is 11.5 Å². The Bertz CT molecular complexity index is 2830. The first kappa shape index (κ1) is 70.5. The van der Waals surface area contributed by atoms with E-state index in [-0.39, 0.29) is 10.8 Å². The summed E-state index contributed by atoms with van der Waals surface area (Å²) < 4.78 is 0.875. The fourth-order valence-corrected chi connectivity index (χ4v) is 13.3. The molecular formula is C76H107Br2N7. The highest BCUT2D eigenvalue weighted by Gasteiger charge is 2.44. The quantitative estimate of drug-likeness (QED) is 0.0179. The molecular weight excluding hydrogens is 1170 g/mol. The number of halogens is 2. The van der Waals surface area contributed by atoms with E-state index in [1.807, 2.05) is 0 Å². The summed E-state index contributed by atoms with van der Waals surface area (Å²) in [4.78, 5) is 9.75. The highest BCUT2D eigenvalue weighted by atomic mass is 79.9. The molecule has 0 bridgehead atoms. The summed E-state index contributed by atoms with van der Waals surface area (Å²) >= 11 is 6.12. The van der Waals surface area contributed by atoms with Gasteiger partial charge in [0.25, 0.3) is 0 Å². The highest BCUT2D eigenvalue weighted by molar-refractivity contribution is 9.24. The van der Waals surface area contributed by atoms with Gasteiger partial charge in [-0.15, -0.1) is 0 Å². The van der Waals surface area contributed by atoms with Crippen LogP contribution in [-0.2, 0) is 10.8 Å². The molecule has 0 saturated carbocycles. The largest absolute Gasteiger partial charge is 0.399 e. The lowest BCUT2D eigenvalue weighted by molar-refractivity contribution is 0.189. The lowest BCUT2D eigenvalue weighted by Crippen LogP contribution is -2.43. The maximum absolute atomic E-state index is 6.24. The number of para-hydroxylation sites is 3. The van der Waals surface area contributed by atoms with Gasteiger partial charge in [0.05, 0.1) is 24.2 Å². The predicted octanol–water partition coefficient (Wildman–Crippen LogP) is 21.0. The van der Waals surface area contributed by atoms with Gasteiger partial charge in [0.15, 0.2) is 0 Å². The fraction of sp³-hybridized carbons (Fsp3) is 0.447. The maximum atomic E-state index is 6.24. The molecule has 0 radical (unpaired) electrons. The number of alkyl halides is 2. The van der Waals surface area contributed by atoms with Crippen molar-refractivity contribution in [1.82, 2.24) is 9.80 Å². The van der Waals surface area contributed by atoms with Crippen molar-refractivity contribution in [3.05, 3.63) is 198 Å². The van der Waals surface area contributed by atoms with E-state index in [4.69, 9.17) is 5.73 Å². The maximum Gasteiger partial charge on any atom is 0.0764 e. The first-order valence-electron chi connectivity index (χ1n) is 32.3. The van der Waals surface area contributed by atoms with Crippen molar-refractivity contribution in [2.45, 2.75) is 167 Å². The molecule has 460 valence electrons. The minimum atomic E-state index is 0.0657. The van der Waals surface area contributed by atoms with Crippen molar-refractivity contribution >= 4 is 60.3 Å². The average molecular weight is 1280 g/mol. The van der Waals surface area contributed by atoms with Crippen LogP contribution < -0.4 is 27.0 Å². The Morgan fingerprint density at radius 1 is 0.329 bits per heavy atom. The number of hydrogen-bond donors (Lipinski definition) is 3. The van der Waals surface area contributed by atoms with Crippen molar-refractivity contribution in [3.8, 4) is 22.3 Å². The van der Waals surface area contributed by atoms with Gasteiger partial charge in [0, 0.05) is 39.3 Å². The predicted molar refractivity (Wildman–Crippen MR) is 381 cm³/mol. The zero-order valence-electron chi connectivity index (χ0n) is 53.5. The van der Waals surface area contributed by atoms with E-state index in [1.165, 1.54) is 193 Å².